The second-order valence-electron chi connectivity index (χ2n) is 10.3. The third-order valence-electron chi connectivity index (χ3n) is 7.36. The second-order valence-corrected chi connectivity index (χ2v) is 13.0. The number of benzene rings is 3. The summed E-state index contributed by atoms with van der Waals surface area (Å²) < 4.78 is 14.4. The van der Waals surface area contributed by atoms with Gasteiger partial charge < -0.3 is 20.1 Å². The summed E-state index contributed by atoms with van der Waals surface area (Å²) in [5.74, 6) is 2.12. The Labute approximate surface area is 279 Å². The van der Waals surface area contributed by atoms with Crippen molar-refractivity contribution in [3.8, 4) is 11.5 Å². The summed E-state index contributed by atoms with van der Waals surface area (Å²) >= 11 is 18.0. The van der Waals surface area contributed by atoms with Gasteiger partial charge in [-0.25, -0.2) is 4.68 Å². The number of methoxy groups -OCH3 is 1. The van der Waals surface area contributed by atoms with Crippen LogP contribution in [0.4, 0.5) is 11.6 Å². The number of aromatic nitrogens is 3. The molecule has 12 heteroatoms. The topological polar surface area (TPSA) is 90.3 Å². The number of fused-ring (bicyclic) bond motifs is 1. The minimum Gasteiger partial charge on any atom is -0.493 e. The fourth-order valence-electron chi connectivity index (χ4n) is 4.92. The number of amides is 1. The molecule has 1 aliphatic rings. The SMILES string of the molecule is CCCSc1nc2n(n1)C(c1cc(Br)c(OCc3c(Cl)cccc3Cl)c(OC)c1)C(C(=O)Nc1cccc(C)c1C)=C(C)N2. The molecule has 230 valence electrons. The molecule has 0 spiro atoms. The van der Waals surface area contributed by atoms with Crippen molar-refractivity contribution in [1.29, 1.82) is 0 Å². The molecule has 44 heavy (non-hydrogen) atoms. The number of ether oxygens (including phenoxy) is 2. The number of carbonyl (C=O) groups is 1. The maximum Gasteiger partial charge on any atom is 0.255 e. The number of nitrogens with zero attached hydrogens (tertiary/aromatic N) is 3. The van der Waals surface area contributed by atoms with Gasteiger partial charge in [-0.05, 0) is 90.1 Å². The van der Waals surface area contributed by atoms with Gasteiger partial charge in [0.25, 0.3) is 5.91 Å². The smallest absolute Gasteiger partial charge is 0.255 e. The normalized spacial score (nSPS) is 14.2. The maximum absolute atomic E-state index is 14.1. The molecule has 0 saturated carbocycles. The minimum absolute atomic E-state index is 0.133. The van der Waals surface area contributed by atoms with Crippen molar-refractivity contribution in [3.63, 3.8) is 0 Å². The van der Waals surface area contributed by atoms with Crippen LogP contribution in [0.15, 0.2) is 69.4 Å². The fraction of sp³-hybridized carbons (Fsp3) is 0.281. The third kappa shape index (κ3) is 6.59. The first-order chi connectivity index (χ1) is 21.1. The molecule has 1 amide bonds. The summed E-state index contributed by atoms with van der Waals surface area (Å²) in [6.07, 6.45) is 0.983. The number of rotatable bonds is 10. The molecule has 0 saturated heterocycles. The van der Waals surface area contributed by atoms with E-state index in [1.165, 1.54) is 0 Å². The standard InChI is InChI=1S/C32H32BrCl2N5O3S/c1-6-13-44-32-38-31-36-19(4)27(30(41)37-25-12-7-9-17(2)18(25)3)28(40(31)39-32)20-14-22(33)29(26(15-20)42-5)43-16-21-23(34)10-8-11-24(21)35/h7-12,14-15,28H,6,13,16H2,1-5H3,(H,37,41)(H,36,38,39). The summed E-state index contributed by atoms with van der Waals surface area (Å²) in [5, 5.41) is 12.9. The highest BCUT2D eigenvalue weighted by molar-refractivity contribution is 9.10. The number of allylic oxidation sites excluding steroid dienone is 1. The van der Waals surface area contributed by atoms with E-state index in [4.69, 9.17) is 42.8 Å². The maximum atomic E-state index is 14.1. The Bertz CT molecular complexity index is 1740. The van der Waals surface area contributed by atoms with E-state index in [-0.39, 0.29) is 12.5 Å². The van der Waals surface area contributed by atoms with E-state index in [9.17, 15) is 4.79 Å². The Kier molecular flexibility index (Phi) is 10.1. The first kappa shape index (κ1) is 32.2. The Balaban J connectivity index is 1.57. The molecule has 3 aromatic carbocycles. The predicted molar refractivity (Wildman–Crippen MR) is 182 cm³/mol. The van der Waals surface area contributed by atoms with Crippen molar-refractivity contribution >= 4 is 68.4 Å². The molecular formula is C32H32BrCl2N5O3S. The van der Waals surface area contributed by atoms with Crippen molar-refractivity contribution in [2.24, 2.45) is 0 Å². The predicted octanol–water partition coefficient (Wildman–Crippen LogP) is 8.98. The van der Waals surface area contributed by atoms with Crippen LogP contribution in [-0.4, -0.2) is 33.5 Å². The second kappa shape index (κ2) is 13.9. The zero-order chi connectivity index (χ0) is 31.5. The Morgan fingerprint density at radius 2 is 1.86 bits per heavy atom. The zero-order valence-electron chi connectivity index (χ0n) is 24.9. The summed E-state index contributed by atoms with van der Waals surface area (Å²) in [7, 11) is 1.57. The highest BCUT2D eigenvalue weighted by atomic mass is 79.9. The molecule has 0 radical (unpaired) electrons. The minimum atomic E-state index is -0.614. The summed E-state index contributed by atoms with van der Waals surface area (Å²) in [5.41, 5.74) is 5.43. The van der Waals surface area contributed by atoms with Gasteiger partial charge in [0.05, 0.1) is 17.2 Å². The Morgan fingerprint density at radius 1 is 1.14 bits per heavy atom. The lowest BCUT2D eigenvalue weighted by atomic mass is 9.94. The molecule has 0 aliphatic carbocycles. The lowest BCUT2D eigenvalue weighted by molar-refractivity contribution is -0.113. The molecule has 5 rings (SSSR count). The number of hydrogen-bond donors (Lipinski definition) is 2. The van der Waals surface area contributed by atoms with E-state index < -0.39 is 6.04 Å². The molecule has 0 bridgehead atoms. The molecule has 8 nitrogen and oxygen atoms in total. The van der Waals surface area contributed by atoms with Gasteiger partial charge in [-0.15, -0.1) is 5.10 Å². The van der Waals surface area contributed by atoms with Gasteiger partial charge in [0.1, 0.15) is 12.6 Å². The van der Waals surface area contributed by atoms with E-state index in [0.29, 0.717) is 54.0 Å². The number of nitrogens with one attached hydrogen (secondary N) is 2. The van der Waals surface area contributed by atoms with Gasteiger partial charge in [-0.3, -0.25) is 4.79 Å². The lowest BCUT2D eigenvalue weighted by Crippen LogP contribution is -2.31. The van der Waals surface area contributed by atoms with Crippen molar-refractivity contribution in [1.82, 2.24) is 14.8 Å². The number of carbonyl (C=O) groups excluding carboxylic acids is 1. The quantitative estimate of drug-likeness (QED) is 0.158. The number of anilines is 2. The molecule has 1 atom stereocenters. The third-order valence-corrected chi connectivity index (χ3v) is 9.70. The largest absolute Gasteiger partial charge is 0.493 e. The number of hydrogen-bond acceptors (Lipinski definition) is 7. The average molecular weight is 718 g/mol. The van der Waals surface area contributed by atoms with Crippen LogP contribution < -0.4 is 20.1 Å². The highest BCUT2D eigenvalue weighted by Gasteiger charge is 2.35. The molecule has 1 aromatic heterocycles. The molecule has 1 unspecified atom stereocenters. The lowest BCUT2D eigenvalue weighted by Gasteiger charge is -2.29. The van der Waals surface area contributed by atoms with Gasteiger partial charge in [-0.1, -0.05) is 60.1 Å². The van der Waals surface area contributed by atoms with Crippen LogP contribution in [0, 0.1) is 13.8 Å². The van der Waals surface area contributed by atoms with Crippen molar-refractivity contribution < 1.29 is 14.3 Å². The van der Waals surface area contributed by atoms with Crippen LogP contribution in [0.2, 0.25) is 10.0 Å². The molecule has 4 aromatic rings. The number of halogens is 3. The van der Waals surface area contributed by atoms with Gasteiger partial charge in [0, 0.05) is 32.7 Å². The van der Waals surface area contributed by atoms with Crippen LogP contribution >= 0.6 is 50.9 Å². The Hall–Kier alpha value is -3.18. The summed E-state index contributed by atoms with van der Waals surface area (Å²) in [4.78, 5) is 18.8. The average Bonchev–Trinajstić information content (AvgIpc) is 3.39. The van der Waals surface area contributed by atoms with Gasteiger partial charge in [-0.2, -0.15) is 4.98 Å². The van der Waals surface area contributed by atoms with Crippen molar-refractivity contribution in [3.05, 3.63) is 96.6 Å². The number of aryl methyl sites for hydroxylation is 1. The van der Waals surface area contributed by atoms with Gasteiger partial charge in [0.15, 0.2) is 11.5 Å². The molecule has 1 aliphatic heterocycles. The van der Waals surface area contributed by atoms with E-state index in [1.807, 2.05) is 51.1 Å². The van der Waals surface area contributed by atoms with Crippen LogP contribution in [-0.2, 0) is 11.4 Å². The van der Waals surface area contributed by atoms with E-state index >= 15 is 0 Å². The van der Waals surface area contributed by atoms with Crippen LogP contribution in [0.1, 0.15) is 48.6 Å². The van der Waals surface area contributed by atoms with E-state index in [2.05, 4.69) is 33.5 Å². The van der Waals surface area contributed by atoms with Crippen molar-refractivity contribution in [2.75, 3.05) is 23.5 Å². The molecule has 2 heterocycles. The Morgan fingerprint density at radius 3 is 2.57 bits per heavy atom. The van der Waals surface area contributed by atoms with Gasteiger partial charge in [0.2, 0.25) is 11.1 Å². The monoisotopic (exact) mass is 715 g/mol. The van der Waals surface area contributed by atoms with E-state index in [0.717, 1.165) is 34.6 Å². The summed E-state index contributed by atoms with van der Waals surface area (Å²) in [6.45, 7) is 8.13. The van der Waals surface area contributed by atoms with Gasteiger partial charge >= 0.3 is 0 Å². The molecule has 0 fully saturated rings. The molecular weight excluding hydrogens is 685 g/mol. The van der Waals surface area contributed by atoms with Crippen molar-refractivity contribution in [2.45, 2.75) is 51.9 Å². The fourth-order valence-corrected chi connectivity index (χ4v) is 6.68. The molecule has 2 N–H and O–H groups in total. The highest BCUT2D eigenvalue weighted by Crippen LogP contribution is 2.44. The first-order valence-corrected chi connectivity index (χ1v) is 16.5. The summed E-state index contributed by atoms with van der Waals surface area (Å²) in [6, 6.07) is 14.3. The number of thioether (sulfide) groups is 1. The first-order valence-electron chi connectivity index (χ1n) is 14.0. The zero-order valence-corrected chi connectivity index (χ0v) is 28.8. The van der Waals surface area contributed by atoms with Crippen LogP contribution in [0.3, 0.4) is 0 Å². The van der Waals surface area contributed by atoms with Crippen LogP contribution in [0.5, 0.6) is 11.5 Å². The van der Waals surface area contributed by atoms with Crippen LogP contribution in [0.25, 0.3) is 0 Å². The van der Waals surface area contributed by atoms with E-state index in [1.54, 1.807) is 41.8 Å².